The second kappa shape index (κ2) is 5.91. The van der Waals surface area contributed by atoms with Crippen molar-refractivity contribution in [2.75, 3.05) is 32.8 Å². The Balaban J connectivity index is 1.79. The topological polar surface area (TPSA) is 43.2 Å². The fraction of sp³-hybridized carbons (Fsp3) is 0.444. The number of fused-ring (bicyclic) bond motifs is 3. The highest BCUT2D eigenvalue weighted by atomic mass is 16.5. The summed E-state index contributed by atoms with van der Waals surface area (Å²) in [5, 5.41) is 2.47. The average molecular weight is 310 g/mol. The molecule has 0 saturated carbocycles. The fourth-order valence-electron chi connectivity index (χ4n) is 3.47. The number of ether oxygens (including phenoxy) is 1. The quantitative estimate of drug-likeness (QED) is 0.745. The summed E-state index contributed by atoms with van der Waals surface area (Å²) in [5.41, 5.74) is 4.41. The first-order valence-corrected chi connectivity index (χ1v) is 8.25. The predicted octanol–water partition coefficient (Wildman–Crippen LogP) is 2.53. The van der Waals surface area contributed by atoms with Crippen molar-refractivity contribution in [1.82, 2.24) is 19.4 Å². The van der Waals surface area contributed by atoms with Crippen LogP contribution in [0, 0.1) is 13.8 Å². The monoisotopic (exact) mass is 310 g/mol. The minimum Gasteiger partial charge on any atom is -0.379 e. The van der Waals surface area contributed by atoms with E-state index in [0.717, 1.165) is 56.4 Å². The van der Waals surface area contributed by atoms with Crippen LogP contribution in [0.25, 0.3) is 21.9 Å². The molecular formula is C18H22N4O. The van der Waals surface area contributed by atoms with E-state index in [1.807, 2.05) is 6.20 Å². The van der Waals surface area contributed by atoms with Crippen LogP contribution in [-0.2, 0) is 11.3 Å². The Labute approximate surface area is 135 Å². The van der Waals surface area contributed by atoms with Crippen molar-refractivity contribution in [3.8, 4) is 0 Å². The summed E-state index contributed by atoms with van der Waals surface area (Å²) in [5.74, 6) is 0. The van der Waals surface area contributed by atoms with Gasteiger partial charge in [0.1, 0.15) is 5.65 Å². The van der Waals surface area contributed by atoms with Gasteiger partial charge in [-0.3, -0.25) is 9.88 Å². The van der Waals surface area contributed by atoms with Gasteiger partial charge in [0.05, 0.1) is 24.4 Å². The molecule has 0 spiro atoms. The van der Waals surface area contributed by atoms with Crippen LogP contribution in [0.2, 0.25) is 0 Å². The summed E-state index contributed by atoms with van der Waals surface area (Å²) in [4.78, 5) is 11.8. The van der Waals surface area contributed by atoms with E-state index in [1.165, 1.54) is 16.3 Å². The maximum absolute atomic E-state index is 5.44. The van der Waals surface area contributed by atoms with Gasteiger partial charge in [0.2, 0.25) is 0 Å². The van der Waals surface area contributed by atoms with Gasteiger partial charge in [-0.15, -0.1) is 0 Å². The van der Waals surface area contributed by atoms with E-state index in [2.05, 4.69) is 46.5 Å². The SMILES string of the molecule is Cc1ccc2c3ccnc(C)c3n(CCN3CCOCC3)c2n1. The van der Waals surface area contributed by atoms with Gasteiger partial charge in [-0.2, -0.15) is 0 Å². The van der Waals surface area contributed by atoms with Gasteiger partial charge in [-0.05, 0) is 32.0 Å². The first-order valence-electron chi connectivity index (χ1n) is 8.25. The molecule has 1 saturated heterocycles. The maximum Gasteiger partial charge on any atom is 0.141 e. The molecule has 1 aliphatic rings. The normalized spacial score (nSPS) is 16.4. The van der Waals surface area contributed by atoms with Gasteiger partial charge in [-0.1, -0.05) is 0 Å². The van der Waals surface area contributed by atoms with E-state index >= 15 is 0 Å². The Morgan fingerprint density at radius 3 is 2.70 bits per heavy atom. The largest absolute Gasteiger partial charge is 0.379 e. The zero-order valence-corrected chi connectivity index (χ0v) is 13.7. The summed E-state index contributed by atoms with van der Waals surface area (Å²) < 4.78 is 7.78. The lowest BCUT2D eigenvalue weighted by atomic mass is 10.2. The number of morpholine rings is 1. The predicted molar refractivity (Wildman–Crippen MR) is 91.8 cm³/mol. The lowest BCUT2D eigenvalue weighted by Gasteiger charge is -2.26. The Bertz CT molecular complexity index is 849. The van der Waals surface area contributed by atoms with Crippen molar-refractivity contribution >= 4 is 21.9 Å². The molecule has 0 unspecified atom stereocenters. The van der Waals surface area contributed by atoms with Crippen LogP contribution in [0.4, 0.5) is 0 Å². The fourth-order valence-corrected chi connectivity index (χ4v) is 3.47. The Morgan fingerprint density at radius 2 is 1.87 bits per heavy atom. The molecule has 0 aromatic carbocycles. The molecule has 0 amide bonds. The summed E-state index contributed by atoms with van der Waals surface area (Å²) in [6.45, 7) is 9.79. The zero-order valence-electron chi connectivity index (χ0n) is 13.7. The molecule has 5 heteroatoms. The first-order chi connectivity index (χ1) is 11.2. The van der Waals surface area contributed by atoms with Crippen molar-refractivity contribution < 1.29 is 4.74 Å². The van der Waals surface area contributed by atoms with Crippen LogP contribution in [0.3, 0.4) is 0 Å². The Morgan fingerprint density at radius 1 is 1.04 bits per heavy atom. The molecule has 4 heterocycles. The molecule has 23 heavy (non-hydrogen) atoms. The number of pyridine rings is 2. The average Bonchev–Trinajstić information content (AvgIpc) is 2.88. The molecule has 1 aliphatic heterocycles. The maximum atomic E-state index is 5.44. The van der Waals surface area contributed by atoms with Crippen LogP contribution < -0.4 is 0 Å². The van der Waals surface area contributed by atoms with Crippen LogP contribution in [0.15, 0.2) is 24.4 Å². The number of aryl methyl sites for hydroxylation is 2. The molecule has 0 atom stereocenters. The van der Waals surface area contributed by atoms with Crippen molar-refractivity contribution in [1.29, 1.82) is 0 Å². The molecule has 0 bridgehead atoms. The van der Waals surface area contributed by atoms with E-state index in [1.54, 1.807) is 0 Å². The van der Waals surface area contributed by atoms with Crippen LogP contribution in [-0.4, -0.2) is 52.3 Å². The first kappa shape index (κ1) is 14.6. The molecule has 3 aromatic rings. The smallest absolute Gasteiger partial charge is 0.141 e. The van der Waals surface area contributed by atoms with Crippen molar-refractivity contribution in [3.05, 3.63) is 35.8 Å². The van der Waals surface area contributed by atoms with Gasteiger partial charge in [0, 0.05) is 48.8 Å². The highest BCUT2D eigenvalue weighted by Crippen LogP contribution is 2.29. The Hall–Kier alpha value is -1.98. The highest BCUT2D eigenvalue weighted by molar-refractivity contribution is 6.07. The van der Waals surface area contributed by atoms with Gasteiger partial charge in [-0.25, -0.2) is 4.98 Å². The number of aromatic nitrogens is 3. The highest BCUT2D eigenvalue weighted by Gasteiger charge is 2.16. The van der Waals surface area contributed by atoms with Crippen molar-refractivity contribution in [2.24, 2.45) is 0 Å². The number of hydrogen-bond donors (Lipinski definition) is 0. The van der Waals surface area contributed by atoms with Crippen LogP contribution in [0.5, 0.6) is 0 Å². The van der Waals surface area contributed by atoms with Gasteiger partial charge < -0.3 is 9.30 Å². The molecule has 120 valence electrons. The van der Waals surface area contributed by atoms with Crippen molar-refractivity contribution in [3.63, 3.8) is 0 Å². The molecule has 0 N–H and O–H groups in total. The third-order valence-corrected chi connectivity index (χ3v) is 4.68. The number of rotatable bonds is 3. The summed E-state index contributed by atoms with van der Waals surface area (Å²) in [6.07, 6.45) is 1.89. The summed E-state index contributed by atoms with van der Waals surface area (Å²) >= 11 is 0. The second-order valence-electron chi connectivity index (χ2n) is 6.22. The number of hydrogen-bond acceptors (Lipinski definition) is 4. The molecular weight excluding hydrogens is 288 g/mol. The van der Waals surface area contributed by atoms with E-state index < -0.39 is 0 Å². The standard InChI is InChI=1S/C18H22N4O/c1-13-3-4-16-15-5-6-19-14(2)17(15)22(18(16)20-13)8-7-21-9-11-23-12-10-21/h3-6H,7-12H2,1-2H3. The van der Waals surface area contributed by atoms with E-state index in [4.69, 9.17) is 9.72 Å². The van der Waals surface area contributed by atoms with Gasteiger partial charge in [0.25, 0.3) is 0 Å². The lowest BCUT2D eigenvalue weighted by molar-refractivity contribution is 0.0366. The molecule has 0 radical (unpaired) electrons. The number of nitrogens with zero attached hydrogens (tertiary/aromatic N) is 4. The van der Waals surface area contributed by atoms with Gasteiger partial charge >= 0.3 is 0 Å². The summed E-state index contributed by atoms with van der Waals surface area (Å²) in [6, 6.07) is 6.38. The van der Waals surface area contributed by atoms with E-state index in [-0.39, 0.29) is 0 Å². The molecule has 1 fully saturated rings. The summed E-state index contributed by atoms with van der Waals surface area (Å²) in [7, 11) is 0. The van der Waals surface area contributed by atoms with Crippen molar-refractivity contribution in [2.45, 2.75) is 20.4 Å². The zero-order chi connectivity index (χ0) is 15.8. The van der Waals surface area contributed by atoms with E-state index in [9.17, 15) is 0 Å². The van der Waals surface area contributed by atoms with Gasteiger partial charge in [0.15, 0.2) is 0 Å². The third-order valence-electron chi connectivity index (χ3n) is 4.68. The van der Waals surface area contributed by atoms with Crippen LogP contribution >= 0.6 is 0 Å². The lowest BCUT2D eigenvalue weighted by Crippen LogP contribution is -2.38. The van der Waals surface area contributed by atoms with Crippen LogP contribution in [0.1, 0.15) is 11.4 Å². The Kier molecular flexibility index (Phi) is 3.75. The molecule has 0 aliphatic carbocycles. The molecule has 3 aromatic heterocycles. The third kappa shape index (κ3) is 2.60. The second-order valence-corrected chi connectivity index (χ2v) is 6.22. The molecule has 4 rings (SSSR count). The van der Waals surface area contributed by atoms with E-state index in [0.29, 0.717) is 0 Å². The molecule has 5 nitrogen and oxygen atoms in total. The minimum absolute atomic E-state index is 0.838. The minimum atomic E-state index is 0.838.